The van der Waals surface area contributed by atoms with E-state index in [2.05, 4.69) is 46.5 Å². The summed E-state index contributed by atoms with van der Waals surface area (Å²) < 4.78 is 0. The van der Waals surface area contributed by atoms with Gasteiger partial charge >= 0.3 is 6.03 Å². The molecule has 1 aromatic carbocycles. The average Bonchev–Trinajstić information content (AvgIpc) is 3.35. The van der Waals surface area contributed by atoms with Crippen LogP contribution in [-0.2, 0) is 6.42 Å². The van der Waals surface area contributed by atoms with Crippen LogP contribution in [0.5, 0.6) is 0 Å². The van der Waals surface area contributed by atoms with Gasteiger partial charge in [0.1, 0.15) is 0 Å². The molecule has 2 aliphatic rings. The topological polar surface area (TPSA) is 51.4 Å². The molecule has 2 aliphatic heterocycles. The largest absolute Gasteiger partial charge is 0.361 e. The zero-order valence-electron chi connectivity index (χ0n) is 15.1. The Hall–Kier alpha value is -2.01. The molecule has 1 aromatic heterocycles. The van der Waals surface area contributed by atoms with Gasteiger partial charge in [0.2, 0.25) is 0 Å². The van der Waals surface area contributed by atoms with Gasteiger partial charge in [-0.15, -0.1) is 0 Å². The van der Waals surface area contributed by atoms with Crippen LogP contribution in [-0.4, -0.2) is 59.6 Å². The maximum absolute atomic E-state index is 12.4. The highest BCUT2D eigenvalue weighted by Gasteiger charge is 2.31. The lowest BCUT2D eigenvalue weighted by molar-refractivity contribution is 0.199. The molecule has 2 N–H and O–H groups in total. The first-order chi connectivity index (χ1) is 12.2. The molecule has 2 fully saturated rings. The summed E-state index contributed by atoms with van der Waals surface area (Å²) in [7, 11) is 0. The quantitative estimate of drug-likeness (QED) is 0.899. The molecule has 1 atom stereocenters. The van der Waals surface area contributed by atoms with Crippen LogP contribution in [0.4, 0.5) is 4.79 Å². The number of nitrogens with one attached hydrogen (secondary N) is 2. The number of carbonyl (C=O) groups excluding carboxylic acids is 1. The fourth-order valence-corrected chi connectivity index (χ4v) is 4.25. The van der Waals surface area contributed by atoms with E-state index in [0.29, 0.717) is 12.6 Å². The number of aromatic amines is 1. The number of amides is 2. The second-order valence-corrected chi connectivity index (χ2v) is 7.48. The third-order valence-electron chi connectivity index (χ3n) is 5.70. The molecule has 3 heterocycles. The van der Waals surface area contributed by atoms with E-state index in [9.17, 15) is 4.79 Å². The number of benzene rings is 1. The number of hydrogen-bond donors (Lipinski definition) is 2. The predicted molar refractivity (Wildman–Crippen MR) is 101 cm³/mol. The number of aromatic nitrogens is 1. The van der Waals surface area contributed by atoms with Gasteiger partial charge in [-0.25, -0.2) is 4.79 Å². The monoisotopic (exact) mass is 340 g/mol. The van der Waals surface area contributed by atoms with Gasteiger partial charge in [-0.3, -0.25) is 4.90 Å². The van der Waals surface area contributed by atoms with Crippen molar-refractivity contribution < 1.29 is 4.79 Å². The summed E-state index contributed by atoms with van der Waals surface area (Å²) in [6.07, 6.45) is 6.67. The second kappa shape index (κ2) is 7.08. The number of carbonyl (C=O) groups is 1. The van der Waals surface area contributed by atoms with Crippen LogP contribution >= 0.6 is 0 Å². The van der Waals surface area contributed by atoms with E-state index in [4.69, 9.17) is 0 Å². The standard InChI is InChI=1S/C20H28N4O/c1-15-4-5-18-16(13-22-19(18)12-15)6-8-21-20(25)24-11-7-17(14-24)23-9-2-3-10-23/h4-5,12-13,17,22H,2-3,6-11,14H2,1H3,(H,21,25). The Balaban J connectivity index is 1.27. The number of fused-ring (bicyclic) bond motifs is 1. The van der Waals surface area contributed by atoms with Crippen LogP contribution in [0, 0.1) is 6.92 Å². The first-order valence-corrected chi connectivity index (χ1v) is 9.54. The van der Waals surface area contributed by atoms with Crippen molar-refractivity contribution in [2.75, 3.05) is 32.7 Å². The minimum absolute atomic E-state index is 0.0948. The Bertz CT molecular complexity index is 747. The molecule has 25 heavy (non-hydrogen) atoms. The van der Waals surface area contributed by atoms with Gasteiger partial charge in [0.25, 0.3) is 0 Å². The zero-order chi connectivity index (χ0) is 17.2. The highest BCUT2D eigenvalue weighted by Crippen LogP contribution is 2.21. The molecule has 0 radical (unpaired) electrons. The Kier molecular flexibility index (Phi) is 4.66. The number of hydrogen-bond acceptors (Lipinski definition) is 2. The van der Waals surface area contributed by atoms with Crippen LogP contribution < -0.4 is 5.32 Å². The predicted octanol–water partition coefficient (Wildman–Crippen LogP) is 2.90. The Morgan fingerprint density at radius 2 is 2.12 bits per heavy atom. The van der Waals surface area contributed by atoms with Crippen LogP contribution in [0.15, 0.2) is 24.4 Å². The lowest BCUT2D eigenvalue weighted by Crippen LogP contribution is -2.42. The average molecular weight is 340 g/mol. The smallest absolute Gasteiger partial charge is 0.317 e. The van der Waals surface area contributed by atoms with Crippen molar-refractivity contribution in [1.82, 2.24) is 20.1 Å². The first kappa shape index (κ1) is 16.5. The fraction of sp³-hybridized carbons (Fsp3) is 0.550. The van der Waals surface area contributed by atoms with Gasteiger partial charge in [-0.05, 0) is 62.9 Å². The van der Waals surface area contributed by atoms with Crippen molar-refractivity contribution in [2.45, 2.75) is 38.6 Å². The minimum atomic E-state index is 0.0948. The minimum Gasteiger partial charge on any atom is -0.361 e. The molecule has 5 heteroatoms. The van der Waals surface area contributed by atoms with Crippen molar-refractivity contribution in [3.63, 3.8) is 0 Å². The molecule has 2 amide bonds. The number of H-pyrrole nitrogens is 1. The van der Waals surface area contributed by atoms with Crippen LogP contribution in [0.25, 0.3) is 10.9 Å². The van der Waals surface area contributed by atoms with E-state index in [-0.39, 0.29) is 6.03 Å². The van der Waals surface area contributed by atoms with Gasteiger partial charge in [0.15, 0.2) is 0 Å². The summed E-state index contributed by atoms with van der Waals surface area (Å²) in [5, 5.41) is 4.36. The molecular weight excluding hydrogens is 312 g/mol. The summed E-state index contributed by atoms with van der Waals surface area (Å²) in [5.41, 5.74) is 3.71. The van der Waals surface area contributed by atoms with Crippen LogP contribution in [0.3, 0.4) is 0 Å². The summed E-state index contributed by atoms with van der Waals surface area (Å²) in [6.45, 7) is 6.98. The number of likely N-dealkylation sites (tertiary alicyclic amines) is 2. The van der Waals surface area contributed by atoms with E-state index < -0.39 is 0 Å². The Morgan fingerprint density at radius 1 is 1.28 bits per heavy atom. The maximum atomic E-state index is 12.4. The van der Waals surface area contributed by atoms with E-state index in [1.165, 1.54) is 48.0 Å². The number of nitrogens with zero attached hydrogens (tertiary/aromatic N) is 2. The van der Waals surface area contributed by atoms with E-state index in [1.54, 1.807) is 0 Å². The van der Waals surface area contributed by atoms with Crippen molar-refractivity contribution in [3.8, 4) is 0 Å². The Morgan fingerprint density at radius 3 is 2.96 bits per heavy atom. The molecule has 0 aliphatic carbocycles. The van der Waals surface area contributed by atoms with Crippen molar-refractivity contribution in [3.05, 3.63) is 35.5 Å². The lowest BCUT2D eigenvalue weighted by Gasteiger charge is -2.23. The molecular formula is C20H28N4O. The molecule has 0 bridgehead atoms. The maximum Gasteiger partial charge on any atom is 0.317 e. The third-order valence-corrected chi connectivity index (χ3v) is 5.70. The molecule has 0 saturated carbocycles. The van der Waals surface area contributed by atoms with Crippen molar-refractivity contribution >= 4 is 16.9 Å². The summed E-state index contributed by atoms with van der Waals surface area (Å²) >= 11 is 0. The number of rotatable bonds is 4. The number of aryl methyl sites for hydroxylation is 1. The third kappa shape index (κ3) is 3.52. The highest BCUT2D eigenvalue weighted by atomic mass is 16.2. The first-order valence-electron chi connectivity index (χ1n) is 9.54. The van der Waals surface area contributed by atoms with Crippen molar-refractivity contribution in [2.24, 2.45) is 0 Å². The van der Waals surface area contributed by atoms with Gasteiger partial charge in [0, 0.05) is 42.8 Å². The van der Waals surface area contributed by atoms with E-state index in [0.717, 1.165) is 25.9 Å². The summed E-state index contributed by atoms with van der Waals surface area (Å²) in [4.78, 5) is 20.3. The molecule has 2 aromatic rings. The molecule has 4 rings (SSSR count). The lowest BCUT2D eigenvalue weighted by atomic mass is 10.1. The van der Waals surface area contributed by atoms with Gasteiger partial charge in [0.05, 0.1) is 0 Å². The summed E-state index contributed by atoms with van der Waals surface area (Å²) in [5.74, 6) is 0. The van der Waals surface area contributed by atoms with Crippen LogP contribution in [0.2, 0.25) is 0 Å². The van der Waals surface area contributed by atoms with Crippen LogP contribution in [0.1, 0.15) is 30.4 Å². The molecule has 134 valence electrons. The van der Waals surface area contributed by atoms with Crippen molar-refractivity contribution in [1.29, 1.82) is 0 Å². The Labute approximate surface area is 149 Å². The second-order valence-electron chi connectivity index (χ2n) is 7.48. The highest BCUT2D eigenvalue weighted by molar-refractivity contribution is 5.84. The molecule has 0 spiro atoms. The van der Waals surface area contributed by atoms with Gasteiger partial charge < -0.3 is 15.2 Å². The fourth-order valence-electron chi connectivity index (χ4n) is 4.25. The SMILES string of the molecule is Cc1ccc2c(CCNC(=O)N3CCC(N4CCCC4)C3)c[nH]c2c1. The van der Waals surface area contributed by atoms with Gasteiger partial charge in [-0.1, -0.05) is 12.1 Å². The number of urea groups is 1. The summed E-state index contributed by atoms with van der Waals surface area (Å²) in [6, 6.07) is 7.14. The normalized spacial score (nSPS) is 21.3. The molecule has 2 saturated heterocycles. The van der Waals surface area contributed by atoms with E-state index in [1.807, 2.05) is 4.90 Å². The van der Waals surface area contributed by atoms with Gasteiger partial charge in [-0.2, -0.15) is 0 Å². The van der Waals surface area contributed by atoms with E-state index >= 15 is 0 Å². The zero-order valence-corrected chi connectivity index (χ0v) is 15.1. The molecule has 5 nitrogen and oxygen atoms in total. The molecule has 1 unspecified atom stereocenters.